The van der Waals surface area contributed by atoms with Gasteiger partial charge in [-0.15, -0.1) is 0 Å². The van der Waals surface area contributed by atoms with Gasteiger partial charge in [0, 0.05) is 11.8 Å². The number of imidazole rings is 1. The Morgan fingerprint density at radius 1 is 1.22 bits per heavy atom. The zero-order valence-corrected chi connectivity index (χ0v) is 12.7. The van der Waals surface area contributed by atoms with Gasteiger partial charge >= 0.3 is 6.18 Å². The van der Waals surface area contributed by atoms with Crippen molar-refractivity contribution in [3.05, 3.63) is 58.9 Å². The zero-order valence-electron chi connectivity index (χ0n) is 12.0. The van der Waals surface area contributed by atoms with Crippen molar-refractivity contribution >= 4 is 17.2 Å². The predicted molar refractivity (Wildman–Crippen MR) is 81.3 cm³/mol. The number of hydrogen-bond donors (Lipinski definition) is 1. The molecule has 1 atom stereocenters. The monoisotopic (exact) mass is 340 g/mol. The van der Waals surface area contributed by atoms with Crippen molar-refractivity contribution in [2.75, 3.05) is 0 Å². The SMILES string of the molecule is CC(O)c1c(-c2ccccc2)nc2c(Cl)cc(C(F)(F)F)cn12. The summed E-state index contributed by atoms with van der Waals surface area (Å²) >= 11 is 5.98. The summed E-state index contributed by atoms with van der Waals surface area (Å²) in [6.07, 6.45) is -4.65. The summed E-state index contributed by atoms with van der Waals surface area (Å²) in [7, 11) is 0. The van der Waals surface area contributed by atoms with Crippen LogP contribution in [0, 0.1) is 0 Å². The molecule has 0 aliphatic rings. The number of benzene rings is 1. The molecular weight excluding hydrogens is 329 g/mol. The minimum Gasteiger partial charge on any atom is -0.387 e. The van der Waals surface area contributed by atoms with Crippen LogP contribution >= 0.6 is 11.6 Å². The fraction of sp³-hybridized carbons (Fsp3) is 0.188. The molecule has 2 heterocycles. The number of fused-ring (bicyclic) bond motifs is 1. The number of aliphatic hydroxyl groups excluding tert-OH is 1. The van der Waals surface area contributed by atoms with Crippen molar-refractivity contribution in [3.63, 3.8) is 0 Å². The van der Waals surface area contributed by atoms with Crippen LogP contribution in [0.3, 0.4) is 0 Å². The second-order valence-electron chi connectivity index (χ2n) is 5.16. The van der Waals surface area contributed by atoms with E-state index >= 15 is 0 Å². The highest BCUT2D eigenvalue weighted by atomic mass is 35.5. The van der Waals surface area contributed by atoms with Gasteiger partial charge in [0.05, 0.1) is 28.1 Å². The van der Waals surface area contributed by atoms with Gasteiger partial charge in [-0.1, -0.05) is 41.9 Å². The van der Waals surface area contributed by atoms with E-state index in [2.05, 4.69) is 4.98 Å². The van der Waals surface area contributed by atoms with Gasteiger partial charge in [0.15, 0.2) is 5.65 Å². The molecule has 0 bridgehead atoms. The van der Waals surface area contributed by atoms with E-state index in [0.717, 1.165) is 12.3 Å². The van der Waals surface area contributed by atoms with Crippen molar-refractivity contribution in [1.82, 2.24) is 9.38 Å². The van der Waals surface area contributed by atoms with Crippen LogP contribution in [0.15, 0.2) is 42.6 Å². The second-order valence-corrected chi connectivity index (χ2v) is 5.56. The summed E-state index contributed by atoms with van der Waals surface area (Å²) in [5, 5.41) is 9.93. The lowest BCUT2D eigenvalue weighted by molar-refractivity contribution is -0.137. The lowest BCUT2D eigenvalue weighted by atomic mass is 10.1. The minimum atomic E-state index is -4.54. The molecule has 1 aromatic carbocycles. The molecule has 2 aromatic heterocycles. The van der Waals surface area contributed by atoms with E-state index in [9.17, 15) is 18.3 Å². The molecule has 0 saturated heterocycles. The highest BCUT2D eigenvalue weighted by molar-refractivity contribution is 6.33. The van der Waals surface area contributed by atoms with Crippen LogP contribution in [-0.2, 0) is 6.18 Å². The van der Waals surface area contributed by atoms with Crippen LogP contribution < -0.4 is 0 Å². The van der Waals surface area contributed by atoms with Crippen LogP contribution in [0.25, 0.3) is 16.9 Å². The smallest absolute Gasteiger partial charge is 0.387 e. The maximum absolute atomic E-state index is 13.0. The lowest BCUT2D eigenvalue weighted by Gasteiger charge is -2.11. The minimum absolute atomic E-state index is 0.121. The van der Waals surface area contributed by atoms with E-state index in [1.807, 2.05) is 6.07 Å². The number of nitrogens with zero attached hydrogens (tertiary/aromatic N) is 2. The van der Waals surface area contributed by atoms with Gasteiger partial charge in [0.1, 0.15) is 0 Å². The van der Waals surface area contributed by atoms with Crippen molar-refractivity contribution in [2.45, 2.75) is 19.2 Å². The first-order valence-electron chi connectivity index (χ1n) is 6.81. The van der Waals surface area contributed by atoms with E-state index in [0.29, 0.717) is 11.3 Å². The van der Waals surface area contributed by atoms with Crippen LogP contribution in [-0.4, -0.2) is 14.5 Å². The van der Waals surface area contributed by atoms with E-state index in [-0.39, 0.29) is 16.4 Å². The number of alkyl halides is 3. The van der Waals surface area contributed by atoms with E-state index < -0.39 is 17.8 Å². The zero-order chi connectivity index (χ0) is 16.8. The topological polar surface area (TPSA) is 37.5 Å². The van der Waals surface area contributed by atoms with Crippen LogP contribution in [0.5, 0.6) is 0 Å². The third kappa shape index (κ3) is 2.80. The third-order valence-electron chi connectivity index (χ3n) is 3.48. The Bertz CT molecular complexity index is 857. The molecule has 0 aliphatic carbocycles. The maximum atomic E-state index is 13.0. The Morgan fingerprint density at radius 3 is 2.43 bits per heavy atom. The number of aromatic nitrogens is 2. The van der Waals surface area contributed by atoms with E-state index in [1.54, 1.807) is 24.3 Å². The fourth-order valence-electron chi connectivity index (χ4n) is 2.48. The fourth-order valence-corrected chi connectivity index (χ4v) is 2.74. The van der Waals surface area contributed by atoms with Gasteiger partial charge in [-0.2, -0.15) is 13.2 Å². The number of aliphatic hydroxyl groups is 1. The van der Waals surface area contributed by atoms with E-state index in [1.165, 1.54) is 11.3 Å². The number of halogens is 4. The molecule has 3 rings (SSSR count). The summed E-state index contributed by atoms with van der Waals surface area (Å²) in [6, 6.07) is 9.76. The summed E-state index contributed by atoms with van der Waals surface area (Å²) in [6.45, 7) is 1.48. The molecule has 0 saturated carbocycles. The molecule has 120 valence electrons. The molecule has 0 spiro atoms. The van der Waals surface area contributed by atoms with Gasteiger partial charge in [-0.05, 0) is 13.0 Å². The molecule has 0 fully saturated rings. The molecule has 0 amide bonds. The van der Waals surface area contributed by atoms with Gasteiger partial charge < -0.3 is 5.11 Å². The molecule has 0 aliphatic heterocycles. The normalized spacial score (nSPS) is 13.5. The van der Waals surface area contributed by atoms with Gasteiger partial charge in [0.2, 0.25) is 0 Å². The molecule has 23 heavy (non-hydrogen) atoms. The van der Waals surface area contributed by atoms with Gasteiger partial charge in [-0.3, -0.25) is 4.40 Å². The molecular formula is C16H12ClF3N2O. The first kappa shape index (κ1) is 15.8. The van der Waals surface area contributed by atoms with Crippen molar-refractivity contribution in [3.8, 4) is 11.3 Å². The standard InChI is InChI=1S/C16H12ClF3N2O/c1-9(23)14-13(10-5-3-2-4-6-10)21-15-12(17)7-11(8-22(14)15)16(18,19)20/h2-9,23H,1H3. The van der Waals surface area contributed by atoms with Gasteiger partial charge in [-0.25, -0.2) is 4.98 Å². The summed E-state index contributed by atoms with van der Waals surface area (Å²) in [4.78, 5) is 4.33. The van der Waals surface area contributed by atoms with Crippen molar-refractivity contribution in [2.24, 2.45) is 0 Å². The van der Waals surface area contributed by atoms with Crippen LogP contribution in [0.2, 0.25) is 5.02 Å². The number of rotatable bonds is 2. The lowest BCUT2D eigenvalue weighted by Crippen LogP contribution is -2.08. The molecule has 1 N–H and O–H groups in total. The Labute approximate surface area is 135 Å². The molecule has 3 aromatic rings. The summed E-state index contributed by atoms with van der Waals surface area (Å²) in [5.41, 5.74) is 0.640. The first-order chi connectivity index (χ1) is 10.8. The highest BCUT2D eigenvalue weighted by Crippen LogP contribution is 2.36. The highest BCUT2D eigenvalue weighted by Gasteiger charge is 2.33. The largest absolute Gasteiger partial charge is 0.417 e. The Kier molecular flexibility index (Phi) is 3.82. The maximum Gasteiger partial charge on any atom is 0.417 e. The quantitative estimate of drug-likeness (QED) is 0.732. The van der Waals surface area contributed by atoms with E-state index in [4.69, 9.17) is 11.6 Å². The number of pyridine rings is 1. The summed E-state index contributed by atoms with van der Waals surface area (Å²) < 4.78 is 40.2. The summed E-state index contributed by atoms with van der Waals surface area (Å²) in [5.74, 6) is 0. The molecule has 3 nitrogen and oxygen atoms in total. The van der Waals surface area contributed by atoms with Gasteiger partial charge in [0.25, 0.3) is 0 Å². The average molecular weight is 341 g/mol. The third-order valence-corrected chi connectivity index (χ3v) is 3.76. The predicted octanol–water partition coefficient (Wildman–Crippen LogP) is 4.73. The molecule has 1 unspecified atom stereocenters. The van der Waals surface area contributed by atoms with Crippen LogP contribution in [0.4, 0.5) is 13.2 Å². The molecule has 7 heteroatoms. The second kappa shape index (κ2) is 5.54. The Hall–Kier alpha value is -2.05. The Balaban J connectivity index is 2.36. The van der Waals surface area contributed by atoms with Crippen LogP contribution in [0.1, 0.15) is 24.3 Å². The average Bonchev–Trinajstić information content (AvgIpc) is 2.87. The van der Waals surface area contributed by atoms with Crippen molar-refractivity contribution < 1.29 is 18.3 Å². The molecule has 0 radical (unpaired) electrons. The first-order valence-corrected chi connectivity index (χ1v) is 7.19. The Morgan fingerprint density at radius 2 is 1.87 bits per heavy atom. The van der Waals surface area contributed by atoms with Crippen molar-refractivity contribution in [1.29, 1.82) is 0 Å². The number of hydrogen-bond acceptors (Lipinski definition) is 2.